The van der Waals surface area contributed by atoms with Crippen molar-refractivity contribution in [1.29, 1.82) is 0 Å². The first-order chi connectivity index (χ1) is 8.74. The Bertz CT molecular complexity index is 469. The van der Waals surface area contributed by atoms with Gasteiger partial charge >= 0.3 is 0 Å². The summed E-state index contributed by atoms with van der Waals surface area (Å²) >= 11 is 0. The van der Waals surface area contributed by atoms with Crippen LogP contribution in [0.15, 0.2) is 60.9 Å². The second-order valence-electron chi connectivity index (χ2n) is 3.64. The van der Waals surface area contributed by atoms with E-state index in [2.05, 4.69) is 10.6 Å². The zero-order chi connectivity index (χ0) is 12.8. The summed E-state index contributed by atoms with van der Waals surface area (Å²) in [6.45, 7) is 0. The van der Waals surface area contributed by atoms with Gasteiger partial charge in [0.05, 0.1) is 0 Å². The van der Waals surface area contributed by atoms with Crippen molar-refractivity contribution < 1.29 is 8.78 Å². The Morgan fingerprint density at radius 1 is 0.611 bits per heavy atom. The van der Waals surface area contributed by atoms with E-state index in [1.165, 1.54) is 24.3 Å². The molecule has 0 aliphatic heterocycles. The standard InChI is InChI=1S/C14H12F2N2/c15-11-1-5-13(6-2-11)17-9-10-18-14-7-3-12(16)4-8-14/h1-10,17-18H/b10-9+. The van der Waals surface area contributed by atoms with Crippen molar-refractivity contribution >= 4 is 11.4 Å². The molecule has 0 aromatic heterocycles. The average Bonchev–Trinajstić information content (AvgIpc) is 2.39. The van der Waals surface area contributed by atoms with Crippen LogP contribution in [0.3, 0.4) is 0 Å². The van der Waals surface area contributed by atoms with Gasteiger partial charge in [0, 0.05) is 23.8 Å². The van der Waals surface area contributed by atoms with Crippen LogP contribution in [0, 0.1) is 11.6 Å². The first kappa shape index (κ1) is 12.1. The smallest absolute Gasteiger partial charge is 0.123 e. The molecule has 0 aliphatic carbocycles. The number of hydrogen-bond donors (Lipinski definition) is 2. The van der Waals surface area contributed by atoms with Gasteiger partial charge in [-0.25, -0.2) is 8.78 Å². The lowest BCUT2D eigenvalue weighted by Crippen LogP contribution is -1.92. The van der Waals surface area contributed by atoms with Gasteiger partial charge in [0.15, 0.2) is 0 Å². The van der Waals surface area contributed by atoms with Gasteiger partial charge in [-0.3, -0.25) is 0 Å². The minimum absolute atomic E-state index is 0.269. The minimum atomic E-state index is -0.269. The molecule has 4 heteroatoms. The molecule has 2 aromatic rings. The quantitative estimate of drug-likeness (QED) is 0.853. The number of rotatable bonds is 4. The minimum Gasteiger partial charge on any atom is -0.360 e. The second kappa shape index (κ2) is 5.82. The molecule has 0 aliphatic rings. The third-order valence-electron chi connectivity index (χ3n) is 2.27. The summed E-state index contributed by atoms with van der Waals surface area (Å²) in [7, 11) is 0. The monoisotopic (exact) mass is 246 g/mol. The number of nitrogens with one attached hydrogen (secondary N) is 2. The third kappa shape index (κ3) is 3.59. The molecule has 2 rings (SSSR count). The molecule has 2 N–H and O–H groups in total. The van der Waals surface area contributed by atoms with Crippen LogP contribution < -0.4 is 10.6 Å². The zero-order valence-electron chi connectivity index (χ0n) is 9.53. The molecule has 0 spiro atoms. The maximum atomic E-state index is 12.6. The van der Waals surface area contributed by atoms with Crippen LogP contribution >= 0.6 is 0 Å². The number of anilines is 2. The summed E-state index contributed by atoms with van der Waals surface area (Å²) in [5, 5.41) is 5.94. The van der Waals surface area contributed by atoms with Crippen LogP contribution in [0.25, 0.3) is 0 Å². The van der Waals surface area contributed by atoms with Crippen LogP contribution in [0.1, 0.15) is 0 Å². The summed E-state index contributed by atoms with van der Waals surface area (Å²) in [5.74, 6) is -0.539. The Labute approximate surface area is 104 Å². The Kier molecular flexibility index (Phi) is 3.91. The zero-order valence-corrected chi connectivity index (χ0v) is 9.53. The first-order valence-electron chi connectivity index (χ1n) is 5.43. The van der Waals surface area contributed by atoms with Crippen molar-refractivity contribution in [1.82, 2.24) is 0 Å². The van der Waals surface area contributed by atoms with Crippen LogP contribution in [0.2, 0.25) is 0 Å². The lowest BCUT2D eigenvalue weighted by atomic mass is 10.3. The highest BCUT2D eigenvalue weighted by atomic mass is 19.1. The Balaban J connectivity index is 1.85. The van der Waals surface area contributed by atoms with Crippen molar-refractivity contribution in [3.05, 3.63) is 72.6 Å². The molecule has 0 atom stereocenters. The van der Waals surface area contributed by atoms with Gasteiger partial charge in [-0.2, -0.15) is 0 Å². The van der Waals surface area contributed by atoms with Crippen molar-refractivity contribution in [3.63, 3.8) is 0 Å². The van der Waals surface area contributed by atoms with Crippen LogP contribution in [-0.4, -0.2) is 0 Å². The highest BCUT2D eigenvalue weighted by Gasteiger charge is 1.91. The van der Waals surface area contributed by atoms with Gasteiger partial charge in [-0.15, -0.1) is 0 Å². The van der Waals surface area contributed by atoms with E-state index in [1.54, 1.807) is 36.7 Å². The van der Waals surface area contributed by atoms with E-state index in [0.29, 0.717) is 0 Å². The van der Waals surface area contributed by atoms with Crippen molar-refractivity contribution in [3.8, 4) is 0 Å². The van der Waals surface area contributed by atoms with E-state index < -0.39 is 0 Å². The van der Waals surface area contributed by atoms with E-state index in [1.807, 2.05) is 0 Å². The van der Waals surface area contributed by atoms with Crippen LogP contribution in [0.5, 0.6) is 0 Å². The Morgan fingerprint density at radius 2 is 0.944 bits per heavy atom. The van der Waals surface area contributed by atoms with Gasteiger partial charge in [-0.05, 0) is 48.5 Å². The highest BCUT2D eigenvalue weighted by Crippen LogP contribution is 2.09. The molecule has 0 unspecified atom stereocenters. The maximum Gasteiger partial charge on any atom is 0.123 e. The summed E-state index contributed by atoms with van der Waals surface area (Å²) in [4.78, 5) is 0. The molecule has 0 bridgehead atoms. The molecule has 0 saturated heterocycles. The number of benzene rings is 2. The maximum absolute atomic E-state index is 12.6. The Morgan fingerprint density at radius 3 is 1.28 bits per heavy atom. The van der Waals surface area contributed by atoms with Gasteiger partial charge in [0.1, 0.15) is 11.6 Å². The molecular weight excluding hydrogens is 234 g/mol. The average molecular weight is 246 g/mol. The lowest BCUT2D eigenvalue weighted by Gasteiger charge is -2.02. The SMILES string of the molecule is Fc1ccc(N/C=C/Nc2ccc(F)cc2)cc1. The second-order valence-corrected chi connectivity index (χ2v) is 3.64. The van der Waals surface area contributed by atoms with Crippen LogP contribution in [0.4, 0.5) is 20.2 Å². The van der Waals surface area contributed by atoms with Crippen LogP contribution in [-0.2, 0) is 0 Å². The fourth-order valence-corrected chi connectivity index (χ4v) is 1.37. The number of halogens is 2. The van der Waals surface area contributed by atoms with Crippen molar-refractivity contribution in [2.24, 2.45) is 0 Å². The number of hydrogen-bond acceptors (Lipinski definition) is 2. The summed E-state index contributed by atoms with van der Waals surface area (Å²) in [5.41, 5.74) is 1.57. The molecular formula is C14H12F2N2. The molecule has 2 nitrogen and oxygen atoms in total. The van der Waals surface area contributed by atoms with E-state index in [-0.39, 0.29) is 11.6 Å². The van der Waals surface area contributed by atoms with E-state index >= 15 is 0 Å². The Hall–Kier alpha value is -2.36. The molecule has 2 aromatic carbocycles. The molecule has 18 heavy (non-hydrogen) atoms. The largest absolute Gasteiger partial charge is 0.360 e. The van der Waals surface area contributed by atoms with E-state index in [9.17, 15) is 8.78 Å². The first-order valence-corrected chi connectivity index (χ1v) is 5.43. The molecule has 0 saturated carbocycles. The van der Waals surface area contributed by atoms with Crippen molar-refractivity contribution in [2.45, 2.75) is 0 Å². The molecule has 0 radical (unpaired) electrons. The highest BCUT2D eigenvalue weighted by molar-refractivity contribution is 5.48. The predicted molar refractivity (Wildman–Crippen MR) is 69.2 cm³/mol. The summed E-state index contributed by atoms with van der Waals surface area (Å²) < 4.78 is 25.3. The van der Waals surface area contributed by atoms with Gasteiger partial charge in [0.25, 0.3) is 0 Å². The van der Waals surface area contributed by atoms with Crippen molar-refractivity contribution in [2.75, 3.05) is 10.6 Å². The fraction of sp³-hybridized carbons (Fsp3) is 0. The van der Waals surface area contributed by atoms with Gasteiger partial charge < -0.3 is 10.6 Å². The fourth-order valence-electron chi connectivity index (χ4n) is 1.37. The third-order valence-corrected chi connectivity index (χ3v) is 2.27. The molecule has 0 heterocycles. The van der Waals surface area contributed by atoms with E-state index in [4.69, 9.17) is 0 Å². The van der Waals surface area contributed by atoms with Gasteiger partial charge in [-0.1, -0.05) is 0 Å². The molecule has 0 fully saturated rings. The van der Waals surface area contributed by atoms with E-state index in [0.717, 1.165) is 11.4 Å². The van der Waals surface area contributed by atoms with Gasteiger partial charge in [0.2, 0.25) is 0 Å². The molecule has 92 valence electrons. The molecule has 0 amide bonds. The predicted octanol–water partition coefficient (Wildman–Crippen LogP) is 3.96. The normalized spacial score (nSPS) is 10.6. The topological polar surface area (TPSA) is 24.1 Å². The summed E-state index contributed by atoms with van der Waals surface area (Å²) in [6, 6.07) is 12.1. The lowest BCUT2D eigenvalue weighted by molar-refractivity contribution is 0.627. The summed E-state index contributed by atoms with van der Waals surface area (Å²) in [6.07, 6.45) is 3.35.